The van der Waals surface area contributed by atoms with E-state index in [-0.39, 0.29) is 6.04 Å². The lowest BCUT2D eigenvalue weighted by Crippen LogP contribution is -2.05. The van der Waals surface area contributed by atoms with Crippen LogP contribution in [0.15, 0.2) is 22.7 Å². The van der Waals surface area contributed by atoms with Crippen LogP contribution in [-0.2, 0) is 0 Å². The maximum Gasteiger partial charge on any atom is 0.0991 e. The summed E-state index contributed by atoms with van der Waals surface area (Å²) in [6.45, 7) is 1.89. The molecule has 1 unspecified atom stereocenters. The van der Waals surface area contributed by atoms with E-state index in [0.717, 1.165) is 10.0 Å². The van der Waals surface area contributed by atoms with E-state index in [1.54, 1.807) is 12.1 Å². The highest BCUT2D eigenvalue weighted by molar-refractivity contribution is 9.10. The third-order valence-electron chi connectivity index (χ3n) is 1.62. The molecule has 0 aromatic heterocycles. The van der Waals surface area contributed by atoms with Crippen molar-refractivity contribution in [1.29, 1.82) is 5.26 Å². The van der Waals surface area contributed by atoms with E-state index in [9.17, 15) is 0 Å². The Labute approximate surface area is 80.1 Å². The molecule has 0 heterocycles. The monoisotopic (exact) mass is 224 g/mol. The predicted octanol–water partition coefficient (Wildman–Crippen LogP) is 2.34. The van der Waals surface area contributed by atoms with Crippen molar-refractivity contribution < 1.29 is 0 Å². The largest absolute Gasteiger partial charge is 0.324 e. The number of nitriles is 1. The first-order chi connectivity index (χ1) is 5.65. The number of nitrogens with two attached hydrogens (primary N) is 1. The molecule has 1 aromatic carbocycles. The molecular weight excluding hydrogens is 216 g/mol. The van der Waals surface area contributed by atoms with Gasteiger partial charge in [0, 0.05) is 10.5 Å². The molecule has 0 aliphatic carbocycles. The van der Waals surface area contributed by atoms with Crippen LogP contribution in [0.1, 0.15) is 24.1 Å². The second kappa shape index (κ2) is 3.70. The molecule has 3 heteroatoms. The van der Waals surface area contributed by atoms with Crippen LogP contribution in [0.4, 0.5) is 0 Å². The maximum atomic E-state index is 8.63. The fraction of sp³-hybridized carbons (Fsp3) is 0.222. The summed E-state index contributed by atoms with van der Waals surface area (Å²) >= 11 is 3.37. The Morgan fingerprint density at radius 1 is 1.58 bits per heavy atom. The van der Waals surface area contributed by atoms with Gasteiger partial charge in [0.05, 0.1) is 11.6 Å². The molecule has 0 bridgehead atoms. The van der Waals surface area contributed by atoms with Gasteiger partial charge in [-0.1, -0.05) is 15.9 Å². The smallest absolute Gasteiger partial charge is 0.0991 e. The van der Waals surface area contributed by atoms with Crippen molar-refractivity contribution in [3.8, 4) is 6.07 Å². The van der Waals surface area contributed by atoms with Gasteiger partial charge in [-0.25, -0.2) is 0 Å². The van der Waals surface area contributed by atoms with Crippen molar-refractivity contribution in [2.24, 2.45) is 5.73 Å². The first kappa shape index (κ1) is 9.24. The fourth-order valence-corrected chi connectivity index (χ4v) is 1.57. The van der Waals surface area contributed by atoms with Crippen LogP contribution < -0.4 is 5.73 Å². The van der Waals surface area contributed by atoms with Crippen LogP contribution in [0.2, 0.25) is 0 Å². The van der Waals surface area contributed by atoms with Crippen LogP contribution in [-0.4, -0.2) is 0 Å². The van der Waals surface area contributed by atoms with Gasteiger partial charge in [-0.2, -0.15) is 5.26 Å². The van der Waals surface area contributed by atoms with Crippen LogP contribution >= 0.6 is 15.9 Å². The molecule has 1 rings (SSSR count). The molecule has 2 nitrogen and oxygen atoms in total. The summed E-state index contributed by atoms with van der Waals surface area (Å²) in [5.74, 6) is 0. The summed E-state index contributed by atoms with van der Waals surface area (Å²) in [6, 6.07) is 7.43. The standard InChI is InChI=1S/C9H9BrN2/c1-6(12)8-4-7(5-11)2-3-9(8)10/h2-4,6H,12H2,1H3. The van der Waals surface area contributed by atoms with Gasteiger partial charge in [0.1, 0.15) is 0 Å². The van der Waals surface area contributed by atoms with Gasteiger partial charge in [0.2, 0.25) is 0 Å². The number of hydrogen-bond donors (Lipinski definition) is 1. The molecular formula is C9H9BrN2. The van der Waals surface area contributed by atoms with E-state index in [1.165, 1.54) is 0 Å². The first-order valence-corrected chi connectivity index (χ1v) is 4.39. The third kappa shape index (κ3) is 1.84. The van der Waals surface area contributed by atoms with Gasteiger partial charge < -0.3 is 5.73 Å². The maximum absolute atomic E-state index is 8.63. The highest BCUT2D eigenvalue weighted by Gasteiger charge is 2.04. The number of hydrogen-bond acceptors (Lipinski definition) is 2. The van der Waals surface area contributed by atoms with Crippen molar-refractivity contribution in [2.75, 3.05) is 0 Å². The molecule has 0 saturated carbocycles. The SMILES string of the molecule is CC(N)c1cc(C#N)ccc1Br. The zero-order valence-corrected chi connectivity index (χ0v) is 8.30. The van der Waals surface area contributed by atoms with Gasteiger partial charge >= 0.3 is 0 Å². The normalized spacial score (nSPS) is 12.2. The van der Waals surface area contributed by atoms with E-state index < -0.39 is 0 Å². The second-order valence-electron chi connectivity index (χ2n) is 2.64. The second-order valence-corrected chi connectivity index (χ2v) is 3.49. The van der Waals surface area contributed by atoms with Crippen LogP contribution in [0, 0.1) is 11.3 Å². The summed E-state index contributed by atoms with van der Waals surface area (Å²) in [5, 5.41) is 8.63. The average molecular weight is 225 g/mol. The van der Waals surface area contributed by atoms with E-state index in [1.807, 2.05) is 13.0 Å². The quantitative estimate of drug-likeness (QED) is 0.797. The lowest BCUT2D eigenvalue weighted by Gasteiger charge is -2.07. The molecule has 12 heavy (non-hydrogen) atoms. The molecule has 0 saturated heterocycles. The average Bonchev–Trinajstić information content (AvgIpc) is 2.05. The van der Waals surface area contributed by atoms with Crippen molar-refractivity contribution in [3.63, 3.8) is 0 Å². The van der Waals surface area contributed by atoms with Crippen molar-refractivity contribution in [3.05, 3.63) is 33.8 Å². The fourth-order valence-electron chi connectivity index (χ4n) is 0.962. The minimum Gasteiger partial charge on any atom is -0.324 e. The molecule has 2 N–H and O–H groups in total. The van der Waals surface area contributed by atoms with Gasteiger partial charge in [0.25, 0.3) is 0 Å². The van der Waals surface area contributed by atoms with Crippen LogP contribution in [0.3, 0.4) is 0 Å². The predicted molar refractivity (Wildman–Crippen MR) is 51.5 cm³/mol. The van der Waals surface area contributed by atoms with E-state index in [4.69, 9.17) is 11.0 Å². The highest BCUT2D eigenvalue weighted by Crippen LogP contribution is 2.22. The zero-order chi connectivity index (χ0) is 9.14. The molecule has 0 aliphatic rings. The lowest BCUT2D eigenvalue weighted by molar-refractivity contribution is 0.813. The Bertz CT molecular complexity index is 326. The molecule has 62 valence electrons. The van der Waals surface area contributed by atoms with Gasteiger partial charge in [-0.3, -0.25) is 0 Å². The van der Waals surface area contributed by atoms with Crippen molar-refractivity contribution in [2.45, 2.75) is 13.0 Å². The first-order valence-electron chi connectivity index (χ1n) is 3.60. The van der Waals surface area contributed by atoms with Crippen molar-refractivity contribution in [1.82, 2.24) is 0 Å². The minimum absolute atomic E-state index is 0.0484. The number of nitrogens with zero attached hydrogens (tertiary/aromatic N) is 1. The minimum atomic E-state index is -0.0484. The third-order valence-corrected chi connectivity index (χ3v) is 2.34. The number of rotatable bonds is 1. The molecule has 1 aromatic rings. The molecule has 0 spiro atoms. The summed E-state index contributed by atoms with van der Waals surface area (Å²) in [4.78, 5) is 0. The zero-order valence-electron chi connectivity index (χ0n) is 6.71. The topological polar surface area (TPSA) is 49.8 Å². The summed E-state index contributed by atoms with van der Waals surface area (Å²) in [6.07, 6.45) is 0. The van der Waals surface area contributed by atoms with E-state index in [2.05, 4.69) is 22.0 Å². The summed E-state index contributed by atoms with van der Waals surface area (Å²) in [5.41, 5.74) is 7.31. The molecule has 0 aliphatic heterocycles. The van der Waals surface area contributed by atoms with Gasteiger partial charge in [-0.15, -0.1) is 0 Å². The van der Waals surface area contributed by atoms with Gasteiger partial charge in [0.15, 0.2) is 0 Å². The van der Waals surface area contributed by atoms with E-state index >= 15 is 0 Å². The molecule has 0 radical (unpaired) electrons. The Hall–Kier alpha value is -0.850. The summed E-state index contributed by atoms with van der Waals surface area (Å²) < 4.78 is 0.955. The Kier molecular flexibility index (Phi) is 2.85. The molecule has 0 fully saturated rings. The Balaban J connectivity index is 3.19. The molecule has 0 amide bonds. The summed E-state index contributed by atoms with van der Waals surface area (Å²) in [7, 11) is 0. The Morgan fingerprint density at radius 3 is 2.75 bits per heavy atom. The number of benzene rings is 1. The van der Waals surface area contributed by atoms with Gasteiger partial charge in [-0.05, 0) is 30.7 Å². The Morgan fingerprint density at radius 2 is 2.25 bits per heavy atom. The van der Waals surface area contributed by atoms with E-state index in [0.29, 0.717) is 5.56 Å². The lowest BCUT2D eigenvalue weighted by atomic mass is 10.1. The number of halogens is 1. The van der Waals surface area contributed by atoms with Crippen LogP contribution in [0.25, 0.3) is 0 Å². The van der Waals surface area contributed by atoms with Crippen molar-refractivity contribution >= 4 is 15.9 Å². The molecule has 1 atom stereocenters. The van der Waals surface area contributed by atoms with Crippen LogP contribution in [0.5, 0.6) is 0 Å². The highest BCUT2D eigenvalue weighted by atomic mass is 79.9.